The van der Waals surface area contributed by atoms with Gasteiger partial charge in [0.15, 0.2) is 11.4 Å². The summed E-state index contributed by atoms with van der Waals surface area (Å²) in [5, 5.41) is 3.99. The third-order valence-corrected chi connectivity index (χ3v) is 4.40. The quantitative estimate of drug-likeness (QED) is 0.738. The van der Waals surface area contributed by atoms with E-state index in [1.165, 1.54) is 12.1 Å². The summed E-state index contributed by atoms with van der Waals surface area (Å²) in [5.41, 5.74) is 7.89. The minimum Gasteiger partial charge on any atom is -0.435 e. The van der Waals surface area contributed by atoms with Crippen LogP contribution in [0.15, 0.2) is 34.9 Å². The van der Waals surface area contributed by atoms with Crippen molar-refractivity contribution in [2.75, 3.05) is 42.3 Å². The molecule has 8 heteroatoms. The average molecular weight is 363 g/mol. The molecule has 4 rings (SSSR count). The van der Waals surface area contributed by atoms with Crippen molar-refractivity contribution in [1.82, 2.24) is 4.98 Å². The summed E-state index contributed by atoms with van der Waals surface area (Å²) < 4.78 is 24.5. The molecule has 2 aromatic heterocycles. The Balaban J connectivity index is 1.74. The Labute approximate surface area is 148 Å². The molecule has 0 atom stereocenters. The van der Waals surface area contributed by atoms with Gasteiger partial charge in [-0.25, -0.2) is 9.37 Å². The summed E-state index contributed by atoms with van der Waals surface area (Å²) in [6.45, 7) is 2.77. The number of morpholine rings is 1. The fourth-order valence-corrected chi connectivity index (χ4v) is 3.06. The molecule has 0 spiro atoms. The molecule has 1 aliphatic rings. The minimum atomic E-state index is -0.476. The van der Waals surface area contributed by atoms with Crippen molar-refractivity contribution in [2.45, 2.75) is 0 Å². The number of nitrogens with one attached hydrogen (secondary N) is 1. The van der Waals surface area contributed by atoms with Gasteiger partial charge in [0.25, 0.3) is 0 Å². The zero-order chi connectivity index (χ0) is 17.4. The fraction of sp³-hybridized carbons (Fsp3) is 0.235. The van der Waals surface area contributed by atoms with Crippen LogP contribution in [0.3, 0.4) is 0 Å². The van der Waals surface area contributed by atoms with Crippen LogP contribution in [0.4, 0.5) is 27.5 Å². The third kappa shape index (κ3) is 2.96. The second-order valence-corrected chi connectivity index (χ2v) is 6.11. The van der Waals surface area contributed by atoms with Crippen molar-refractivity contribution in [3.8, 4) is 0 Å². The van der Waals surface area contributed by atoms with E-state index >= 15 is 0 Å². The van der Waals surface area contributed by atoms with Crippen LogP contribution >= 0.6 is 11.6 Å². The maximum atomic E-state index is 13.3. The number of hydrogen-bond donors (Lipinski definition) is 2. The van der Waals surface area contributed by atoms with Gasteiger partial charge >= 0.3 is 0 Å². The molecule has 3 heterocycles. The summed E-state index contributed by atoms with van der Waals surface area (Å²) in [4.78, 5) is 6.54. The molecular formula is C17H16ClFN4O2. The number of ether oxygens (including phenoxy) is 1. The first-order chi connectivity index (χ1) is 12.1. The molecule has 0 amide bonds. The smallest absolute Gasteiger partial charge is 0.215 e. The zero-order valence-corrected chi connectivity index (χ0v) is 14.0. The normalized spacial score (nSPS) is 14.9. The number of nitrogens with two attached hydrogens (primary N) is 1. The highest BCUT2D eigenvalue weighted by Gasteiger charge is 2.21. The van der Waals surface area contributed by atoms with E-state index in [4.69, 9.17) is 26.5 Å². The van der Waals surface area contributed by atoms with Gasteiger partial charge in [0.1, 0.15) is 11.5 Å². The monoisotopic (exact) mass is 362 g/mol. The Hall–Kier alpha value is -2.51. The second kappa shape index (κ2) is 6.42. The van der Waals surface area contributed by atoms with Crippen molar-refractivity contribution in [3.05, 3.63) is 41.3 Å². The van der Waals surface area contributed by atoms with E-state index in [2.05, 4.69) is 15.2 Å². The molecular weight excluding hydrogens is 347 g/mol. The molecule has 0 aliphatic carbocycles. The highest BCUT2D eigenvalue weighted by atomic mass is 35.5. The maximum absolute atomic E-state index is 13.3. The van der Waals surface area contributed by atoms with Crippen LogP contribution in [-0.4, -0.2) is 31.3 Å². The van der Waals surface area contributed by atoms with Gasteiger partial charge in [-0.3, -0.25) is 0 Å². The van der Waals surface area contributed by atoms with Gasteiger partial charge in [-0.2, -0.15) is 0 Å². The largest absolute Gasteiger partial charge is 0.435 e. The molecule has 6 nitrogen and oxygen atoms in total. The molecule has 3 aromatic rings. The van der Waals surface area contributed by atoms with Gasteiger partial charge in [-0.05, 0) is 24.3 Å². The van der Waals surface area contributed by atoms with E-state index in [1.807, 2.05) is 6.07 Å². The lowest BCUT2D eigenvalue weighted by atomic mass is 10.2. The van der Waals surface area contributed by atoms with Crippen LogP contribution in [0.2, 0.25) is 5.02 Å². The van der Waals surface area contributed by atoms with Gasteiger partial charge < -0.3 is 25.1 Å². The van der Waals surface area contributed by atoms with Crippen molar-refractivity contribution in [3.63, 3.8) is 0 Å². The topological polar surface area (TPSA) is 76.5 Å². The number of anilines is 4. The first kappa shape index (κ1) is 16.0. The number of hydrogen-bond acceptors (Lipinski definition) is 6. The van der Waals surface area contributed by atoms with Crippen LogP contribution in [-0.2, 0) is 4.74 Å². The summed E-state index contributed by atoms with van der Waals surface area (Å²) in [7, 11) is 0. The van der Waals surface area contributed by atoms with E-state index < -0.39 is 5.82 Å². The molecule has 0 bridgehead atoms. The molecule has 0 saturated carbocycles. The number of fused-ring (bicyclic) bond motifs is 1. The summed E-state index contributed by atoms with van der Waals surface area (Å²) >= 11 is 5.84. The van der Waals surface area contributed by atoms with Crippen LogP contribution in [0.5, 0.6) is 0 Å². The van der Waals surface area contributed by atoms with E-state index in [9.17, 15) is 4.39 Å². The molecule has 0 radical (unpaired) electrons. The number of nitrogens with zero attached hydrogens (tertiary/aromatic N) is 2. The molecule has 0 unspecified atom stereocenters. The van der Waals surface area contributed by atoms with Crippen LogP contribution < -0.4 is 16.0 Å². The number of rotatable bonds is 3. The number of pyridine rings is 1. The van der Waals surface area contributed by atoms with Gasteiger partial charge in [0, 0.05) is 25.0 Å². The van der Waals surface area contributed by atoms with E-state index in [0.717, 1.165) is 24.3 Å². The fourth-order valence-electron chi connectivity index (χ4n) is 2.88. The molecule has 1 saturated heterocycles. The molecule has 1 fully saturated rings. The molecule has 25 heavy (non-hydrogen) atoms. The van der Waals surface area contributed by atoms with Crippen LogP contribution in [0.25, 0.3) is 11.0 Å². The van der Waals surface area contributed by atoms with Crippen molar-refractivity contribution < 1.29 is 13.5 Å². The molecule has 1 aliphatic heterocycles. The SMILES string of the molecule is Nc1oc2c(N3CCOCC3)nccc2c1Nc1ccc(F)c(Cl)c1. The van der Waals surface area contributed by atoms with Crippen LogP contribution in [0, 0.1) is 5.82 Å². The first-order valence-corrected chi connectivity index (χ1v) is 8.23. The minimum absolute atomic E-state index is 0.0343. The Bertz CT molecular complexity index is 924. The highest BCUT2D eigenvalue weighted by Crippen LogP contribution is 2.39. The van der Waals surface area contributed by atoms with Crippen molar-refractivity contribution in [2.24, 2.45) is 0 Å². The predicted molar refractivity (Wildman–Crippen MR) is 96.1 cm³/mol. The Kier molecular flexibility index (Phi) is 4.10. The lowest BCUT2D eigenvalue weighted by molar-refractivity contribution is 0.122. The van der Waals surface area contributed by atoms with Crippen molar-refractivity contribution >= 4 is 45.6 Å². The Morgan fingerprint density at radius 1 is 1.24 bits per heavy atom. The number of aromatic nitrogens is 1. The zero-order valence-electron chi connectivity index (χ0n) is 13.3. The Morgan fingerprint density at radius 3 is 2.80 bits per heavy atom. The molecule has 3 N–H and O–H groups in total. The third-order valence-electron chi connectivity index (χ3n) is 4.11. The van der Waals surface area contributed by atoms with Crippen LogP contribution in [0.1, 0.15) is 0 Å². The number of nitrogen functional groups attached to an aromatic ring is 1. The van der Waals surface area contributed by atoms with Gasteiger partial charge in [0.2, 0.25) is 5.88 Å². The van der Waals surface area contributed by atoms with Crippen molar-refractivity contribution in [1.29, 1.82) is 0 Å². The maximum Gasteiger partial charge on any atom is 0.215 e. The van der Waals surface area contributed by atoms with Gasteiger partial charge in [-0.15, -0.1) is 0 Å². The molecule has 1 aromatic carbocycles. The second-order valence-electron chi connectivity index (χ2n) is 5.71. The average Bonchev–Trinajstić information content (AvgIpc) is 2.94. The Morgan fingerprint density at radius 2 is 2.04 bits per heavy atom. The van der Waals surface area contributed by atoms with Gasteiger partial charge in [-0.1, -0.05) is 11.6 Å². The lowest BCUT2D eigenvalue weighted by Crippen LogP contribution is -2.36. The predicted octanol–water partition coefficient (Wildman–Crippen LogP) is 3.78. The van der Waals surface area contributed by atoms with E-state index in [-0.39, 0.29) is 10.9 Å². The summed E-state index contributed by atoms with van der Waals surface area (Å²) in [5.74, 6) is 0.492. The summed E-state index contributed by atoms with van der Waals surface area (Å²) in [6.07, 6.45) is 1.71. The van der Waals surface area contributed by atoms with E-state index in [1.54, 1.807) is 12.3 Å². The highest BCUT2D eigenvalue weighted by molar-refractivity contribution is 6.31. The standard InChI is InChI=1S/C17H16ClFN4O2/c18-12-9-10(1-2-13(12)19)22-14-11-3-4-21-17(15(11)25-16(14)20)23-5-7-24-8-6-23/h1-4,9,22H,5-8,20H2. The number of halogens is 2. The lowest BCUT2D eigenvalue weighted by Gasteiger charge is -2.27. The summed E-state index contributed by atoms with van der Waals surface area (Å²) in [6, 6.07) is 6.21. The number of benzene rings is 1. The number of furan rings is 1. The van der Waals surface area contributed by atoms with Gasteiger partial charge in [0.05, 0.1) is 23.6 Å². The van der Waals surface area contributed by atoms with E-state index in [0.29, 0.717) is 30.2 Å². The molecule has 130 valence electrons. The first-order valence-electron chi connectivity index (χ1n) is 7.85.